The topological polar surface area (TPSA) is 61.4 Å². The van der Waals surface area contributed by atoms with Crippen molar-refractivity contribution in [2.45, 2.75) is 19.4 Å². The van der Waals surface area contributed by atoms with E-state index in [4.69, 9.17) is 0 Å². The normalized spacial score (nSPS) is 15.6. The van der Waals surface area contributed by atoms with Crippen molar-refractivity contribution in [3.8, 4) is 0 Å². The van der Waals surface area contributed by atoms with Gasteiger partial charge in [-0.3, -0.25) is 9.59 Å². The minimum Gasteiger partial charge on any atom is -0.359 e. The fourth-order valence-electron chi connectivity index (χ4n) is 3.02. The number of hydrogen-bond donors (Lipinski definition) is 2. The lowest BCUT2D eigenvalue weighted by atomic mass is 10.1. The molecule has 5 nitrogen and oxygen atoms in total. The van der Waals surface area contributed by atoms with Gasteiger partial charge in [0.1, 0.15) is 0 Å². The predicted molar refractivity (Wildman–Crippen MR) is 103 cm³/mol. The summed E-state index contributed by atoms with van der Waals surface area (Å²) < 4.78 is 0.803. The first-order valence-corrected chi connectivity index (χ1v) is 8.99. The maximum atomic E-state index is 12.2. The van der Waals surface area contributed by atoms with E-state index in [0.717, 1.165) is 16.6 Å². The summed E-state index contributed by atoms with van der Waals surface area (Å²) in [7, 11) is 0. The monoisotopic (exact) mass is 401 g/mol. The molecule has 3 rings (SSSR count). The second-order valence-electron chi connectivity index (χ2n) is 6.11. The summed E-state index contributed by atoms with van der Waals surface area (Å²) in [6.45, 7) is 2.30. The van der Waals surface area contributed by atoms with Crippen LogP contribution in [0.4, 0.5) is 11.4 Å². The number of halogens is 1. The van der Waals surface area contributed by atoms with Crippen LogP contribution in [0.1, 0.15) is 12.5 Å². The number of carbonyl (C=O) groups excluding carboxylic acids is 2. The van der Waals surface area contributed by atoms with Crippen LogP contribution >= 0.6 is 15.9 Å². The molecule has 0 radical (unpaired) electrons. The Balaban J connectivity index is 1.52. The van der Waals surface area contributed by atoms with E-state index in [1.807, 2.05) is 36.4 Å². The van der Waals surface area contributed by atoms with Crippen molar-refractivity contribution in [1.29, 1.82) is 0 Å². The van der Waals surface area contributed by atoms with Crippen LogP contribution in [0.2, 0.25) is 0 Å². The molecule has 0 saturated heterocycles. The summed E-state index contributed by atoms with van der Waals surface area (Å²) in [6.07, 6.45) is 0.936. The minimum atomic E-state index is -0.255. The largest absolute Gasteiger partial charge is 0.359 e. The molecule has 0 fully saturated rings. The fraction of sp³-hybridized carbons (Fsp3) is 0.263. The van der Waals surface area contributed by atoms with E-state index in [-0.39, 0.29) is 30.9 Å². The fourth-order valence-corrected chi connectivity index (χ4v) is 3.40. The van der Waals surface area contributed by atoms with E-state index in [1.165, 1.54) is 5.56 Å². The lowest BCUT2D eigenvalue weighted by Gasteiger charge is -2.24. The van der Waals surface area contributed by atoms with Crippen LogP contribution < -0.4 is 15.5 Å². The SMILES string of the molecule is C[C@H]1Cc2ccccc2N1CC(=O)NCC(=O)Nc1ccccc1Br. The first-order chi connectivity index (χ1) is 12.0. The standard InChI is InChI=1S/C19H20BrN3O2/c1-13-10-14-6-2-5-9-17(14)23(13)12-19(25)21-11-18(24)22-16-8-4-3-7-15(16)20/h2-9,13H,10-12H2,1H3,(H,21,25)(H,22,24)/t13-/m0/s1. The molecule has 0 unspecified atom stereocenters. The quantitative estimate of drug-likeness (QED) is 0.809. The maximum Gasteiger partial charge on any atom is 0.243 e. The van der Waals surface area contributed by atoms with Gasteiger partial charge >= 0.3 is 0 Å². The molecule has 0 aromatic heterocycles. The van der Waals surface area contributed by atoms with Gasteiger partial charge in [0, 0.05) is 16.2 Å². The summed E-state index contributed by atoms with van der Waals surface area (Å²) >= 11 is 3.38. The summed E-state index contributed by atoms with van der Waals surface area (Å²) in [5.41, 5.74) is 3.04. The minimum absolute atomic E-state index is 0.0516. The number of nitrogens with one attached hydrogen (secondary N) is 2. The molecule has 1 aliphatic rings. The Bertz CT molecular complexity index is 794. The molecule has 1 atom stereocenters. The molecular formula is C19H20BrN3O2. The Morgan fingerprint density at radius 2 is 1.84 bits per heavy atom. The van der Waals surface area contributed by atoms with Gasteiger partial charge in [-0.25, -0.2) is 0 Å². The number of nitrogens with zero attached hydrogens (tertiary/aromatic N) is 1. The molecule has 25 heavy (non-hydrogen) atoms. The van der Waals surface area contributed by atoms with Crippen LogP contribution in [-0.2, 0) is 16.0 Å². The van der Waals surface area contributed by atoms with E-state index < -0.39 is 0 Å². The number of para-hydroxylation sites is 2. The molecule has 0 bridgehead atoms. The van der Waals surface area contributed by atoms with Gasteiger partial charge in [-0.15, -0.1) is 0 Å². The molecular weight excluding hydrogens is 382 g/mol. The molecule has 0 aliphatic carbocycles. The Labute approximate surface area is 155 Å². The number of carbonyl (C=O) groups is 2. The molecule has 0 saturated carbocycles. The van der Waals surface area contributed by atoms with Gasteiger partial charge in [0.2, 0.25) is 11.8 Å². The Morgan fingerprint density at radius 3 is 2.64 bits per heavy atom. The zero-order valence-corrected chi connectivity index (χ0v) is 15.5. The zero-order valence-electron chi connectivity index (χ0n) is 14.0. The second-order valence-corrected chi connectivity index (χ2v) is 6.97. The van der Waals surface area contributed by atoms with Gasteiger partial charge in [0.05, 0.1) is 18.8 Å². The van der Waals surface area contributed by atoms with Crippen molar-refractivity contribution in [2.75, 3.05) is 23.3 Å². The smallest absolute Gasteiger partial charge is 0.243 e. The van der Waals surface area contributed by atoms with Gasteiger partial charge < -0.3 is 15.5 Å². The molecule has 6 heteroatoms. The predicted octanol–water partition coefficient (Wildman–Crippen LogP) is 2.96. The third-order valence-electron chi connectivity index (χ3n) is 4.26. The van der Waals surface area contributed by atoms with E-state index >= 15 is 0 Å². The highest BCUT2D eigenvalue weighted by Gasteiger charge is 2.27. The summed E-state index contributed by atoms with van der Waals surface area (Å²) in [5.74, 6) is -0.416. The Kier molecular flexibility index (Phi) is 5.38. The van der Waals surface area contributed by atoms with Crippen molar-refractivity contribution in [3.05, 3.63) is 58.6 Å². The van der Waals surface area contributed by atoms with Crippen LogP contribution in [-0.4, -0.2) is 30.9 Å². The van der Waals surface area contributed by atoms with Crippen molar-refractivity contribution >= 4 is 39.1 Å². The second kappa shape index (κ2) is 7.70. The summed E-state index contributed by atoms with van der Waals surface area (Å²) in [6, 6.07) is 15.8. The number of amides is 2. The Morgan fingerprint density at radius 1 is 1.12 bits per heavy atom. The van der Waals surface area contributed by atoms with E-state index in [0.29, 0.717) is 5.69 Å². The van der Waals surface area contributed by atoms with Crippen molar-refractivity contribution in [2.24, 2.45) is 0 Å². The molecule has 130 valence electrons. The van der Waals surface area contributed by atoms with Gasteiger partial charge in [-0.2, -0.15) is 0 Å². The van der Waals surface area contributed by atoms with E-state index in [1.54, 1.807) is 6.07 Å². The maximum absolute atomic E-state index is 12.2. The van der Waals surface area contributed by atoms with Crippen molar-refractivity contribution < 1.29 is 9.59 Å². The van der Waals surface area contributed by atoms with Gasteiger partial charge in [0.15, 0.2) is 0 Å². The third kappa shape index (κ3) is 4.20. The summed E-state index contributed by atoms with van der Waals surface area (Å²) in [4.78, 5) is 26.3. The highest BCUT2D eigenvalue weighted by molar-refractivity contribution is 9.10. The highest BCUT2D eigenvalue weighted by atomic mass is 79.9. The molecule has 2 N–H and O–H groups in total. The highest BCUT2D eigenvalue weighted by Crippen LogP contribution is 2.31. The first kappa shape index (κ1) is 17.5. The first-order valence-electron chi connectivity index (χ1n) is 8.20. The van der Waals surface area contributed by atoms with Crippen LogP contribution in [0.5, 0.6) is 0 Å². The van der Waals surface area contributed by atoms with Gasteiger partial charge in [-0.05, 0) is 53.0 Å². The van der Waals surface area contributed by atoms with Gasteiger partial charge in [0.25, 0.3) is 0 Å². The average molecular weight is 402 g/mol. The van der Waals surface area contributed by atoms with E-state index in [9.17, 15) is 9.59 Å². The third-order valence-corrected chi connectivity index (χ3v) is 4.95. The number of rotatable bonds is 5. The van der Waals surface area contributed by atoms with Gasteiger partial charge in [-0.1, -0.05) is 30.3 Å². The number of fused-ring (bicyclic) bond motifs is 1. The van der Waals surface area contributed by atoms with Crippen LogP contribution in [0.15, 0.2) is 53.0 Å². The number of benzene rings is 2. The molecule has 2 aromatic rings. The number of anilines is 2. The average Bonchev–Trinajstić information content (AvgIpc) is 2.91. The lowest BCUT2D eigenvalue weighted by Crippen LogP contribution is -2.42. The zero-order chi connectivity index (χ0) is 17.8. The molecule has 1 heterocycles. The molecule has 2 aromatic carbocycles. The Hall–Kier alpha value is -2.34. The van der Waals surface area contributed by atoms with E-state index in [2.05, 4.69) is 44.5 Å². The van der Waals surface area contributed by atoms with Crippen LogP contribution in [0.3, 0.4) is 0 Å². The molecule has 0 spiro atoms. The van der Waals surface area contributed by atoms with Crippen LogP contribution in [0, 0.1) is 0 Å². The van der Waals surface area contributed by atoms with Crippen molar-refractivity contribution in [1.82, 2.24) is 5.32 Å². The number of hydrogen-bond acceptors (Lipinski definition) is 3. The summed E-state index contributed by atoms with van der Waals surface area (Å²) in [5, 5.41) is 5.46. The van der Waals surface area contributed by atoms with Crippen molar-refractivity contribution in [3.63, 3.8) is 0 Å². The molecule has 1 aliphatic heterocycles. The lowest BCUT2D eigenvalue weighted by molar-refractivity contribution is -0.123. The van der Waals surface area contributed by atoms with Crippen LogP contribution in [0.25, 0.3) is 0 Å². The molecule has 2 amide bonds.